The lowest BCUT2D eigenvalue weighted by Gasteiger charge is -2.25. The number of halogens is 1. The molecule has 11 nitrogen and oxygen atoms in total. The number of benzene rings is 1. The van der Waals surface area contributed by atoms with E-state index in [-0.39, 0.29) is 18.6 Å². The number of amidine groups is 1. The van der Waals surface area contributed by atoms with E-state index in [0.29, 0.717) is 47.5 Å². The number of urea groups is 1. The molecule has 1 aromatic carbocycles. The quantitative estimate of drug-likeness (QED) is 0.455. The first-order chi connectivity index (χ1) is 18.9. The molecule has 3 amide bonds. The van der Waals surface area contributed by atoms with Crippen LogP contribution >= 0.6 is 11.6 Å². The number of aliphatic imine (C=N–C) groups is 2. The Morgan fingerprint density at radius 1 is 1.23 bits per heavy atom. The highest BCUT2D eigenvalue weighted by Crippen LogP contribution is 2.27. The van der Waals surface area contributed by atoms with Crippen LogP contribution in [-0.2, 0) is 16.1 Å². The number of aromatic amines is 1. The smallest absolute Gasteiger partial charge is 0.323 e. The Hall–Kier alpha value is -4.09. The maximum Gasteiger partial charge on any atom is 0.323 e. The third kappa shape index (κ3) is 6.50. The van der Waals surface area contributed by atoms with Crippen LogP contribution in [0.2, 0.25) is 5.02 Å². The number of likely N-dealkylation sites (N-methyl/N-ethyl adjacent to an activating group) is 1. The highest BCUT2D eigenvalue weighted by atomic mass is 35.5. The molecule has 2 aromatic rings. The van der Waals surface area contributed by atoms with Crippen LogP contribution in [0.15, 0.2) is 64.1 Å². The first kappa shape index (κ1) is 26.5. The number of amides is 3. The monoisotopic (exact) mass is 550 g/mol. The highest BCUT2D eigenvalue weighted by molar-refractivity contribution is 6.30. The number of hydrogen-bond acceptors (Lipinski definition) is 7. The summed E-state index contributed by atoms with van der Waals surface area (Å²) in [7, 11) is 3.83. The minimum Gasteiger partial charge on any atom is -0.486 e. The summed E-state index contributed by atoms with van der Waals surface area (Å²) in [6, 6.07) is 6.11. The van der Waals surface area contributed by atoms with Gasteiger partial charge in [0.05, 0.1) is 23.6 Å². The zero-order chi connectivity index (χ0) is 27.4. The molecule has 1 aromatic heterocycles. The van der Waals surface area contributed by atoms with E-state index in [4.69, 9.17) is 21.3 Å². The van der Waals surface area contributed by atoms with Crippen molar-refractivity contribution in [3.63, 3.8) is 0 Å². The first-order valence-corrected chi connectivity index (χ1v) is 13.1. The molecule has 2 bridgehead atoms. The fourth-order valence-corrected chi connectivity index (χ4v) is 4.81. The molecule has 1 unspecified atom stereocenters. The van der Waals surface area contributed by atoms with Gasteiger partial charge in [-0.1, -0.05) is 23.7 Å². The van der Waals surface area contributed by atoms with E-state index in [9.17, 15) is 9.59 Å². The van der Waals surface area contributed by atoms with E-state index >= 15 is 0 Å². The number of carbonyl (C=O) groups excluding carboxylic acids is 2. The van der Waals surface area contributed by atoms with Gasteiger partial charge in [-0.05, 0) is 49.9 Å². The summed E-state index contributed by atoms with van der Waals surface area (Å²) in [4.78, 5) is 42.2. The zero-order valence-corrected chi connectivity index (χ0v) is 22.6. The average Bonchev–Trinajstić information content (AvgIpc) is 3.31. The number of nitrogens with one attached hydrogen (secondary N) is 4. The van der Waals surface area contributed by atoms with Gasteiger partial charge >= 0.3 is 6.03 Å². The molecule has 12 heteroatoms. The fraction of sp³-hybridized carbons (Fsp3) is 0.333. The van der Waals surface area contributed by atoms with Crippen molar-refractivity contribution in [1.29, 1.82) is 0 Å². The molecule has 39 heavy (non-hydrogen) atoms. The fourth-order valence-electron chi connectivity index (χ4n) is 4.62. The molecule has 1 aliphatic carbocycles. The number of carbonyl (C=O) groups is 2. The van der Waals surface area contributed by atoms with Crippen molar-refractivity contribution < 1.29 is 14.3 Å². The molecule has 0 fully saturated rings. The first-order valence-electron chi connectivity index (χ1n) is 12.7. The van der Waals surface area contributed by atoms with Crippen LogP contribution in [0.1, 0.15) is 24.0 Å². The van der Waals surface area contributed by atoms with Crippen LogP contribution in [0.3, 0.4) is 0 Å². The van der Waals surface area contributed by atoms with Crippen molar-refractivity contribution in [3.05, 3.63) is 70.2 Å². The largest absolute Gasteiger partial charge is 0.486 e. The summed E-state index contributed by atoms with van der Waals surface area (Å²) < 4.78 is 6.00. The molecular weight excluding hydrogens is 520 g/mol. The molecule has 4 N–H and O–H groups in total. The second kappa shape index (κ2) is 11.7. The zero-order valence-electron chi connectivity index (χ0n) is 21.8. The van der Waals surface area contributed by atoms with Gasteiger partial charge in [0.2, 0.25) is 0 Å². The SMILES string of the molecule is CN1CCCN(C)C(=O)COC2=C(NC(=O)Nc3cccc(Cl)c3)C=CC(C2)/N=C2\N=CNc3[nH]cc(c32)C1. The van der Waals surface area contributed by atoms with Crippen LogP contribution in [0, 0.1) is 0 Å². The van der Waals surface area contributed by atoms with Gasteiger partial charge in [0, 0.05) is 43.5 Å². The lowest BCUT2D eigenvalue weighted by atomic mass is 10.0. The molecule has 5 rings (SSSR count). The molecule has 3 aliphatic rings. The van der Waals surface area contributed by atoms with E-state index in [1.807, 2.05) is 12.3 Å². The Kier molecular flexibility index (Phi) is 7.99. The number of ether oxygens (including phenoxy) is 1. The average molecular weight is 551 g/mol. The van der Waals surface area contributed by atoms with Gasteiger partial charge < -0.3 is 35.5 Å². The van der Waals surface area contributed by atoms with Crippen LogP contribution in [0.4, 0.5) is 16.3 Å². The summed E-state index contributed by atoms with van der Waals surface area (Å²) in [6.07, 6.45) is 8.39. The van der Waals surface area contributed by atoms with Gasteiger partial charge in [-0.2, -0.15) is 0 Å². The molecule has 3 heterocycles. The van der Waals surface area contributed by atoms with Crippen LogP contribution < -0.4 is 16.0 Å². The number of nitrogens with zero attached hydrogens (tertiary/aromatic N) is 4. The van der Waals surface area contributed by atoms with E-state index < -0.39 is 6.03 Å². The Morgan fingerprint density at radius 2 is 2.10 bits per heavy atom. The molecular formula is C27H31ClN8O3. The Balaban J connectivity index is 1.42. The number of allylic oxidation sites excluding steroid dienone is 1. The molecule has 2 aliphatic heterocycles. The van der Waals surface area contributed by atoms with Crippen molar-refractivity contribution >= 4 is 47.2 Å². The second-order valence-electron chi connectivity index (χ2n) is 9.67. The van der Waals surface area contributed by atoms with Gasteiger partial charge in [-0.15, -0.1) is 0 Å². The van der Waals surface area contributed by atoms with Crippen LogP contribution in [0.25, 0.3) is 0 Å². The number of aromatic nitrogens is 1. The number of fused-ring (bicyclic) bond motifs is 2. The van der Waals surface area contributed by atoms with E-state index in [2.05, 4.69) is 37.9 Å². The molecule has 0 saturated carbocycles. The standard InChI is InChI=1S/C27H31ClN8O3/c1-35-9-4-10-36(2)23(37)15-39-22-12-20(32-26-24-17(14-35)13-29-25(24)30-16-31-26)7-8-21(22)34-27(38)33-19-6-3-5-18(28)11-19/h3,5-8,11,13,16,20H,4,9-10,12,14-15H2,1-2H3,(H2,33,34,38)(H2,29,30,31,32). The predicted molar refractivity (Wildman–Crippen MR) is 152 cm³/mol. The minimum absolute atomic E-state index is 0.141. The van der Waals surface area contributed by atoms with Gasteiger partial charge in [0.25, 0.3) is 5.91 Å². The van der Waals surface area contributed by atoms with Gasteiger partial charge in [-0.25, -0.2) is 9.79 Å². The third-order valence-corrected chi connectivity index (χ3v) is 6.88. The minimum atomic E-state index is -0.456. The highest BCUT2D eigenvalue weighted by Gasteiger charge is 2.25. The maximum absolute atomic E-state index is 12.8. The number of anilines is 2. The molecule has 204 valence electrons. The van der Waals surface area contributed by atoms with Gasteiger partial charge in [0.1, 0.15) is 11.6 Å². The van der Waals surface area contributed by atoms with Crippen molar-refractivity contribution in [2.24, 2.45) is 9.98 Å². The Labute approximate surface area is 231 Å². The molecule has 0 radical (unpaired) electrons. The Bertz CT molecular complexity index is 1380. The second-order valence-corrected chi connectivity index (χ2v) is 10.1. The van der Waals surface area contributed by atoms with E-state index in [0.717, 1.165) is 29.9 Å². The van der Waals surface area contributed by atoms with Crippen molar-refractivity contribution in [1.82, 2.24) is 20.1 Å². The number of rotatable bonds is 2. The predicted octanol–water partition coefficient (Wildman–Crippen LogP) is 3.54. The maximum atomic E-state index is 12.8. The summed E-state index contributed by atoms with van der Waals surface area (Å²) in [5, 5.41) is 9.27. The van der Waals surface area contributed by atoms with E-state index in [1.54, 1.807) is 48.6 Å². The normalized spacial score (nSPS) is 21.4. The molecule has 0 spiro atoms. The van der Waals surface area contributed by atoms with Crippen molar-refractivity contribution in [3.8, 4) is 0 Å². The molecule has 1 atom stereocenters. The van der Waals surface area contributed by atoms with Crippen molar-refractivity contribution in [2.45, 2.75) is 25.4 Å². The summed E-state index contributed by atoms with van der Waals surface area (Å²) in [5.41, 5.74) is 3.03. The van der Waals surface area contributed by atoms with Crippen LogP contribution in [-0.4, -0.2) is 78.7 Å². The lowest BCUT2D eigenvalue weighted by Crippen LogP contribution is -2.34. The third-order valence-electron chi connectivity index (χ3n) is 6.65. The Morgan fingerprint density at radius 3 is 2.95 bits per heavy atom. The summed E-state index contributed by atoms with van der Waals surface area (Å²) in [5.74, 6) is 1.79. The van der Waals surface area contributed by atoms with Crippen molar-refractivity contribution in [2.75, 3.05) is 44.4 Å². The van der Waals surface area contributed by atoms with Crippen LogP contribution in [0.5, 0.6) is 0 Å². The number of hydrogen-bond donors (Lipinski definition) is 4. The lowest BCUT2D eigenvalue weighted by molar-refractivity contribution is -0.133. The van der Waals surface area contributed by atoms with E-state index in [1.165, 1.54) is 0 Å². The van der Waals surface area contributed by atoms with Gasteiger partial charge in [-0.3, -0.25) is 9.79 Å². The topological polar surface area (TPSA) is 126 Å². The molecule has 0 saturated heterocycles. The van der Waals surface area contributed by atoms with Gasteiger partial charge in [0.15, 0.2) is 12.4 Å². The summed E-state index contributed by atoms with van der Waals surface area (Å²) >= 11 is 6.03. The summed E-state index contributed by atoms with van der Waals surface area (Å²) in [6.45, 7) is 1.98. The number of H-pyrrole nitrogens is 1.